The van der Waals surface area contributed by atoms with E-state index in [2.05, 4.69) is 22.0 Å². The number of para-hydroxylation sites is 1. The molecule has 2 aromatic rings. The predicted molar refractivity (Wildman–Crippen MR) is 91.9 cm³/mol. The molecule has 24 heavy (non-hydrogen) atoms. The molecule has 0 amide bonds. The third-order valence-electron chi connectivity index (χ3n) is 5.52. The number of piperidine rings is 1. The van der Waals surface area contributed by atoms with Gasteiger partial charge in [0.15, 0.2) is 0 Å². The molecule has 2 bridgehead atoms. The number of methoxy groups -OCH3 is 1. The number of benzene rings is 1. The highest BCUT2D eigenvalue weighted by molar-refractivity contribution is 5.88. The molecule has 1 fully saturated rings. The number of esters is 1. The Morgan fingerprint density at radius 1 is 1.29 bits per heavy atom. The smallest absolute Gasteiger partial charge is 0.314 e. The van der Waals surface area contributed by atoms with Gasteiger partial charge in [0, 0.05) is 36.2 Å². The second-order valence-corrected chi connectivity index (χ2v) is 7.14. The molecule has 1 saturated heterocycles. The number of ether oxygens (including phenoxy) is 1. The number of hydrogen-bond donors (Lipinski definition) is 2. The quantitative estimate of drug-likeness (QED) is 0.787. The van der Waals surface area contributed by atoms with Gasteiger partial charge in [0.1, 0.15) is 0 Å². The van der Waals surface area contributed by atoms with E-state index in [1.165, 1.54) is 18.1 Å². The minimum atomic E-state index is -0.296. The molecular weight excluding hydrogens is 304 g/mol. The fraction of sp³-hybridized carbons (Fsp3) is 0.526. The van der Waals surface area contributed by atoms with E-state index in [0.717, 1.165) is 50.1 Å². The Morgan fingerprint density at radius 3 is 2.96 bits per heavy atom. The lowest BCUT2D eigenvalue weighted by molar-refractivity contribution is -0.143. The standard InChI is InChI=1S/C19H24N2O3/c1-24-19(23)16-9-12-8-13(22)11-21(10-12)7-6-15-14-4-2-3-5-17(14)20-18(15)16/h2-5,12-13,16,20,22H,6-11H2,1H3. The van der Waals surface area contributed by atoms with E-state index in [9.17, 15) is 9.90 Å². The van der Waals surface area contributed by atoms with Gasteiger partial charge in [-0.25, -0.2) is 0 Å². The molecule has 1 aromatic heterocycles. The van der Waals surface area contributed by atoms with E-state index in [0.29, 0.717) is 5.92 Å². The second-order valence-electron chi connectivity index (χ2n) is 7.14. The van der Waals surface area contributed by atoms with E-state index in [4.69, 9.17) is 4.74 Å². The van der Waals surface area contributed by atoms with Crippen LogP contribution in [-0.4, -0.2) is 53.8 Å². The topological polar surface area (TPSA) is 65.6 Å². The van der Waals surface area contributed by atoms with E-state index in [1.54, 1.807) is 0 Å². The van der Waals surface area contributed by atoms with Gasteiger partial charge >= 0.3 is 5.97 Å². The summed E-state index contributed by atoms with van der Waals surface area (Å²) in [7, 11) is 1.46. The third-order valence-corrected chi connectivity index (χ3v) is 5.52. The number of fused-ring (bicyclic) bond motifs is 5. The van der Waals surface area contributed by atoms with Crippen molar-refractivity contribution in [3.8, 4) is 0 Å². The normalized spacial score (nSPS) is 30.1. The molecule has 2 aliphatic heterocycles. The summed E-state index contributed by atoms with van der Waals surface area (Å²) in [6, 6.07) is 8.24. The summed E-state index contributed by atoms with van der Waals surface area (Å²) >= 11 is 0. The second kappa shape index (κ2) is 6.22. The van der Waals surface area contributed by atoms with Crippen LogP contribution in [-0.2, 0) is 16.0 Å². The Bertz CT molecular complexity index is 754. The summed E-state index contributed by atoms with van der Waals surface area (Å²) < 4.78 is 5.11. The number of nitrogens with zero attached hydrogens (tertiary/aromatic N) is 1. The highest BCUT2D eigenvalue weighted by Crippen LogP contribution is 2.36. The number of aliphatic hydroxyl groups is 1. The van der Waals surface area contributed by atoms with Crippen LogP contribution in [0.15, 0.2) is 24.3 Å². The van der Waals surface area contributed by atoms with Crippen molar-refractivity contribution in [1.29, 1.82) is 0 Å². The third kappa shape index (κ3) is 2.72. The SMILES string of the molecule is COC(=O)C1CC2CC(O)CN(CCc3c1[nH]c1ccccc31)C2. The minimum absolute atomic E-state index is 0.184. The molecule has 4 unspecified atom stereocenters. The Balaban J connectivity index is 1.81. The molecule has 4 rings (SSSR count). The molecule has 0 spiro atoms. The molecule has 5 heteroatoms. The van der Waals surface area contributed by atoms with Gasteiger partial charge in [-0.3, -0.25) is 4.79 Å². The zero-order chi connectivity index (χ0) is 16.7. The van der Waals surface area contributed by atoms with Gasteiger partial charge in [0.05, 0.1) is 19.1 Å². The Kier molecular flexibility index (Phi) is 4.06. The maximum Gasteiger partial charge on any atom is 0.314 e. The maximum atomic E-state index is 12.5. The highest BCUT2D eigenvalue weighted by atomic mass is 16.5. The first-order chi connectivity index (χ1) is 11.7. The Morgan fingerprint density at radius 2 is 2.12 bits per heavy atom. The van der Waals surface area contributed by atoms with Gasteiger partial charge in [-0.05, 0) is 36.8 Å². The number of carbonyl (C=O) groups is 1. The summed E-state index contributed by atoms with van der Waals surface area (Å²) in [6.07, 6.45) is 2.07. The van der Waals surface area contributed by atoms with Crippen LogP contribution in [0.25, 0.3) is 10.9 Å². The minimum Gasteiger partial charge on any atom is -0.469 e. The number of aromatic nitrogens is 1. The predicted octanol–water partition coefficient (Wildman–Crippen LogP) is 2.05. The molecule has 0 aliphatic carbocycles. The fourth-order valence-electron chi connectivity index (χ4n) is 4.49. The van der Waals surface area contributed by atoms with Crippen LogP contribution in [0.2, 0.25) is 0 Å². The molecule has 2 aliphatic rings. The fourth-order valence-corrected chi connectivity index (χ4v) is 4.49. The van der Waals surface area contributed by atoms with E-state index in [1.807, 2.05) is 12.1 Å². The molecule has 128 valence electrons. The largest absolute Gasteiger partial charge is 0.469 e. The van der Waals surface area contributed by atoms with Crippen molar-refractivity contribution < 1.29 is 14.6 Å². The highest BCUT2D eigenvalue weighted by Gasteiger charge is 2.35. The summed E-state index contributed by atoms with van der Waals surface area (Å²) in [5, 5.41) is 11.4. The number of nitrogens with one attached hydrogen (secondary N) is 1. The average Bonchev–Trinajstić information content (AvgIpc) is 2.96. The number of carbonyl (C=O) groups excluding carboxylic acids is 1. The van der Waals surface area contributed by atoms with E-state index in [-0.39, 0.29) is 18.0 Å². The van der Waals surface area contributed by atoms with Crippen LogP contribution in [0.5, 0.6) is 0 Å². The summed E-state index contributed by atoms with van der Waals surface area (Å²) in [5.74, 6) is -0.154. The molecule has 5 nitrogen and oxygen atoms in total. The number of H-pyrrole nitrogens is 1. The Labute approximate surface area is 141 Å². The van der Waals surface area contributed by atoms with E-state index >= 15 is 0 Å². The molecule has 3 heterocycles. The number of aromatic amines is 1. The first kappa shape index (κ1) is 15.7. The lowest BCUT2D eigenvalue weighted by atomic mass is 9.85. The van der Waals surface area contributed by atoms with Crippen molar-refractivity contribution >= 4 is 16.9 Å². The zero-order valence-corrected chi connectivity index (χ0v) is 14.0. The molecule has 2 N–H and O–H groups in total. The van der Waals surface area contributed by atoms with Crippen LogP contribution in [0.3, 0.4) is 0 Å². The monoisotopic (exact) mass is 328 g/mol. The molecule has 0 radical (unpaired) electrons. The van der Waals surface area contributed by atoms with Crippen LogP contribution in [0.4, 0.5) is 0 Å². The first-order valence-electron chi connectivity index (χ1n) is 8.73. The van der Waals surface area contributed by atoms with Crippen molar-refractivity contribution in [2.45, 2.75) is 31.3 Å². The summed E-state index contributed by atoms with van der Waals surface area (Å²) in [4.78, 5) is 18.3. The van der Waals surface area contributed by atoms with Gasteiger partial charge in [0.2, 0.25) is 0 Å². The van der Waals surface area contributed by atoms with E-state index < -0.39 is 0 Å². The lowest BCUT2D eigenvalue weighted by Gasteiger charge is -2.35. The van der Waals surface area contributed by atoms with Crippen molar-refractivity contribution in [3.05, 3.63) is 35.5 Å². The van der Waals surface area contributed by atoms with Crippen LogP contribution >= 0.6 is 0 Å². The van der Waals surface area contributed by atoms with Crippen LogP contribution in [0, 0.1) is 5.92 Å². The first-order valence-corrected chi connectivity index (χ1v) is 8.73. The van der Waals surface area contributed by atoms with Crippen LogP contribution in [0.1, 0.15) is 30.0 Å². The number of hydrogen-bond acceptors (Lipinski definition) is 4. The molecule has 1 aromatic carbocycles. The Hall–Kier alpha value is -1.85. The maximum absolute atomic E-state index is 12.5. The summed E-state index contributed by atoms with van der Waals surface area (Å²) in [5.41, 5.74) is 3.31. The van der Waals surface area contributed by atoms with Crippen LogP contribution < -0.4 is 0 Å². The number of rotatable bonds is 1. The van der Waals surface area contributed by atoms with Gasteiger partial charge in [-0.15, -0.1) is 0 Å². The summed E-state index contributed by atoms with van der Waals surface area (Å²) in [6.45, 7) is 2.60. The number of aliphatic hydroxyl groups excluding tert-OH is 1. The van der Waals surface area contributed by atoms with Crippen molar-refractivity contribution in [3.63, 3.8) is 0 Å². The molecule has 4 atom stereocenters. The average molecular weight is 328 g/mol. The van der Waals surface area contributed by atoms with Crippen molar-refractivity contribution in [2.24, 2.45) is 5.92 Å². The van der Waals surface area contributed by atoms with Gasteiger partial charge in [-0.1, -0.05) is 18.2 Å². The van der Waals surface area contributed by atoms with Gasteiger partial charge in [0.25, 0.3) is 0 Å². The van der Waals surface area contributed by atoms with Crippen molar-refractivity contribution in [2.75, 3.05) is 26.7 Å². The van der Waals surface area contributed by atoms with Gasteiger partial charge < -0.3 is 19.7 Å². The van der Waals surface area contributed by atoms with Gasteiger partial charge in [-0.2, -0.15) is 0 Å². The lowest BCUT2D eigenvalue weighted by Crippen LogP contribution is -2.44. The molecule has 0 saturated carbocycles. The molecular formula is C19H24N2O3. The zero-order valence-electron chi connectivity index (χ0n) is 14.0. The van der Waals surface area contributed by atoms with Crippen molar-refractivity contribution in [1.82, 2.24) is 9.88 Å².